The first kappa shape index (κ1) is 12.0. The van der Waals surface area contributed by atoms with Crippen LogP contribution in [0.5, 0.6) is 6.08 Å². The number of nitrogens with zero attached hydrogens (tertiary/aromatic N) is 1. The van der Waals surface area contributed by atoms with Crippen molar-refractivity contribution in [1.29, 1.82) is 0 Å². The number of methoxy groups -OCH3 is 1. The minimum absolute atomic E-state index is 0.228. The van der Waals surface area contributed by atoms with Gasteiger partial charge in [0.1, 0.15) is 12.9 Å². The van der Waals surface area contributed by atoms with Gasteiger partial charge in [0.2, 0.25) is 0 Å². The topological polar surface area (TPSA) is 79.7 Å². The molecule has 0 radical (unpaired) electrons. The van der Waals surface area contributed by atoms with Gasteiger partial charge < -0.3 is 24.4 Å². The first-order chi connectivity index (χ1) is 7.36. The van der Waals surface area contributed by atoms with E-state index in [1.54, 1.807) is 7.11 Å². The van der Waals surface area contributed by atoms with E-state index in [0.29, 0.717) is 38.7 Å². The number of oxazole rings is 1. The molecule has 0 spiro atoms. The maximum atomic E-state index is 5.36. The summed E-state index contributed by atoms with van der Waals surface area (Å²) in [5.41, 5.74) is 6.03. The van der Waals surface area contributed by atoms with E-state index in [4.69, 9.17) is 24.4 Å². The highest BCUT2D eigenvalue weighted by molar-refractivity contribution is 4.98. The number of ether oxygens (including phenoxy) is 3. The molecule has 86 valence electrons. The molecule has 1 heterocycles. The molecule has 0 saturated heterocycles. The second-order valence-electron chi connectivity index (χ2n) is 2.76. The van der Waals surface area contributed by atoms with Crippen LogP contribution >= 0.6 is 0 Å². The number of rotatable bonds is 8. The first-order valence-corrected chi connectivity index (χ1v) is 4.70. The molecule has 0 bridgehead atoms. The van der Waals surface area contributed by atoms with E-state index in [9.17, 15) is 0 Å². The Bertz CT molecular complexity index is 264. The molecule has 2 N–H and O–H groups in total. The standard InChI is InChI=1S/C9H16N2O4/c1-12-2-3-13-4-5-14-9-11-8(6-10)7-15-9/h7H,2-6,10H2,1H3. The fourth-order valence-electron chi connectivity index (χ4n) is 0.881. The molecule has 0 atom stereocenters. The predicted octanol–water partition coefficient (Wildman–Crippen LogP) is 0.175. The molecule has 1 aromatic heterocycles. The minimum atomic E-state index is 0.228. The van der Waals surface area contributed by atoms with Gasteiger partial charge in [-0.3, -0.25) is 0 Å². The van der Waals surface area contributed by atoms with Gasteiger partial charge in [0.05, 0.1) is 25.5 Å². The lowest BCUT2D eigenvalue weighted by molar-refractivity contribution is 0.0489. The second kappa shape index (κ2) is 7.22. The van der Waals surface area contributed by atoms with Gasteiger partial charge in [0.15, 0.2) is 0 Å². The molecule has 0 aromatic carbocycles. The van der Waals surface area contributed by atoms with E-state index < -0.39 is 0 Å². The summed E-state index contributed by atoms with van der Waals surface area (Å²) in [6, 6.07) is 0. The summed E-state index contributed by atoms with van der Waals surface area (Å²) in [7, 11) is 1.63. The minimum Gasteiger partial charge on any atom is -0.448 e. The lowest BCUT2D eigenvalue weighted by Crippen LogP contribution is -2.10. The molecular weight excluding hydrogens is 200 g/mol. The van der Waals surface area contributed by atoms with Crippen molar-refractivity contribution in [2.24, 2.45) is 5.73 Å². The summed E-state index contributed by atoms with van der Waals surface area (Å²) in [4.78, 5) is 3.97. The van der Waals surface area contributed by atoms with Crippen molar-refractivity contribution in [3.8, 4) is 6.08 Å². The fourth-order valence-corrected chi connectivity index (χ4v) is 0.881. The van der Waals surface area contributed by atoms with Crippen LogP contribution in [0.3, 0.4) is 0 Å². The normalized spacial score (nSPS) is 10.5. The molecule has 0 unspecified atom stereocenters. The monoisotopic (exact) mass is 216 g/mol. The average Bonchev–Trinajstić information content (AvgIpc) is 2.71. The fraction of sp³-hybridized carbons (Fsp3) is 0.667. The molecule has 1 aromatic rings. The van der Waals surface area contributed by atoms with Crippen LogP contribution in [0.25, 0.3) is 0 Å². The Morgan fingerprint density at radius 3 is 2.80 bits per heavy atom. The average molecular weight is 216 g/mol. The highest BCUT2D eigenvalue weighted by Crippen LogP contribution is 2.08. The van der Waals surface area contributed by atoms with E-state index in [2.05, 4.69) is 4.98 Å². The van der Waals surface area contributed by atoms with E-state index in [0.717, 1.165) is 0 Å². The molecular formula is C9H16N2O4. The van der Waals surface area contributed by atoms with Crippen molar-refractivity contribution in [1.82, 2.24) is 4.98 Å². The van der Waals surface area contributed by atoms with Crippen LogP contribution in [0.2, 0.25) is 0 Å². The zero-order chi connectivity index (χ0) is 10.9. The molecule has 1 rings (SSSR count). The van der Waals surface area contributed by atoms with E-state index in [-0.39, 0.29) is 6.08 Å². The van der Waals surface area contributed by atoms with E-state index >= 15 is 0 Å². The predicted molar refractivity (Wildman–Crippen MR) is 52.6 cm³/mol. The Balaban J connectivity index is 2.04. The lowest BCUT2D eigenvalue weighted by atomic mass is 10.5. The SMILES string of the molecule is COCCOCCOc1nc(CN)co1. The Morgan fingerprint density at radius 2 is 2.13 bits per heavy atom. The Morgan fingerprint density at radius 1 is 1.33 bits per heavy atom. The number of aromatic nitrogens is 1. The summed E-state index contributed by atoms with van der Waals surface area (Å²) in [6.45, 7) is 2.35. The maximum Gasteiger partial charge on any atom is 0.393 e. The quantitative estimate of drug-likeness (QED) is 0.624. The maximum absolute atomic E-state index is 5.36. The van der Waals surface area contributed by atoms with Crippen molar-refractivity contribution in [2.45, 2.75) is 6.54 Å². The Labute approximate surface area is 88.3 Å². The second-order valence-corrected chi connectivity index (χ2v) is 2.76. The number of hydrogen-bond acceptors (Lipinski definition) is 6. The van der Waals surface area contributed by atoms with Crippen LogP contribution in [0.4, 0.5) is 0 Å². The molecule has 0 aliphatic rings. The highest BCUT2D eigenvalue weighted by Gasteiger charge is 2.02. The molecule has 0 aliphatic heterocycles. The number of hydrogen-bond donors (Lipinski definition) is 1. The highest BCUT2D eigenvalue weighted by atomic mass is 16.6. The van der Waals surface area contributed by atoms with Crippen LogP contribution in [-0.4, -0.2) is 38.5 Å². The van der Waals surface area contributed by atoms with Gasteiger partial charge in [-0.2, -0.15) is 4.98 Å². The Kier molecular flexibility index (Phi) is 5.76. The van der Waals surface area contributed by atoms with Gasteiger partial charge in [-0.1, -0.05) is 0 Å². The van der Waals surface area contributed by atoms with E-state index in [1.807, 2.05) is 0 Å². The van der Waals surface area contributed by atoms with Crippen LogP contribution in [0.15, 0.2) is 10.7 Å². The van der Waals surface area contributed by atoms with Crippen LogP contribution < -0.4 is 10.5 Å². The van der Waals surface area contributed by atoms with Gasteiger partial charge in [-0.25, -0.2) is 0 Å². The third-order valence-corrected chi connectivity index (χ3v) is 1.62. The van der Waals surface area contributed by atoms with Crippen molar-refractivity contribution in [2.75, 3.05) is 33.5 Å². The van der Waals surface area contributed by atoms with Crippen LogP contribution in [0, 0.1) is 0 Å². The molecule has 6 heteroatoms. The summed E-state index contributed by atoms with van der Waals surface area (Å²) in [5, 5.41) is 0. The van der Waals surface area contributed by atoms with Crippen LogP contribution in [-0.2, 0) is 16.0 Å². The third-order valence-electron chi connectivity index (χ3n) is 1.62. The van der Waals surface area contributed by atoms with E-state index in [1.165, 1.54) is 6.26 Å². The van der Waals surface area contributed by atoms with Gasteiger partial charge in [0.25, 0.3) is 0 Å². The van der Waals surface area contributed by atoms with Gasteiger partial charge >= 0.3 is 6.08 Å². The summed E-state index contributed by atoms with van der Waals surface area (Å²) in [5.74, 6) is 0. The molecule has 15 heavy (non-hydrogen) atoms. The molecule has 0 fully saturated rings. The molecule has 0 amide bonds. The molecule has 0 saturated carbocycles. The van der Waals surface area contributed by atoms with Gasteiger partial charge in [0, 0.05) is 13.7 Å². The Hall–Kier alpha value is -1.11. The summed E-state index contributed by atoms with van der Waals surface area (Å²) >= 11 is 0. The van der Waals surface area contributed by atoms with Gasteiger partial charge in [-0.05, 0) is 0 Å². The van der Waals surface area contributed by atoms with Crippen molar-refractivity contribution < 1.29 is 18.6 Å². The van der Waals surface area contributed by atoms with Crippen LogP contribution in [0.1, 0.15) is 5.69 Å². The summed E-state index contributed by atoms with van der Waals surface area (Å²) in [6.07, 6.45) is 1.70. The first-order valence-electron chi connectivity index (χ1n) is 4.70. The molecule has 6 nitrogen and oxygen atoms in total. The third kappa shape index (κ3) is 4.78. The van der Waals surface area contributed by atoms with Gasteiger partial charge in [-0.15, -0.1) is 0 Å². The largest absolute Gasteiger partial charge is 0.448 e. The van der Waals surface area contributed by atoms with Crippen molar-refractivity contribution >= 4 is 0 Å². The van der Waals surface area contributed by atoms with Crippen molar-refractivity contribution in [3.05, 3.63) is 12.0 Å². The lowest BCUT2D eigenvalue weighted by Gasteiger charge is -2.02. The smallest absolute Gasteiger partial charge is 0.393 e. The zero-order valence-corrected chi connectivity index (χ0v) is 8.77. The summed E-state index contributed by atoms with van der Waals surface area (Å²) < 4.78 is 20.2. The molecule has 0 aliphatic carbocycles. The zero-order valence-electron chi connectivity index (χ0n) is 8.77. The van der Waals surface area contributed by atoms with Crippen molar-refractivity contribution in [3.63, 3.8) is 0 Å². The number of nitrogens with two attached hydrogens (primary N) is 1.